The number of nitrogens with zero attached hydrogens (tertiary/aromatic N) is 2. The maximum Gasteiger partial charge on any atom is 0.250 e. The monoisotopic (exact) mass is 444 g/mol. The lowest BCUT2D eigenvalue weighted by Crippen LogP contribution is -2.47. The minimum Gasteiger partial charge on any atom is -0.491 e. The Morgan fingerprint density at radius 1 is 1.37 bits per heavy atom. The first kappa shape index (κ1) is 22.2. The Balaban J connectivity index is 1.99. The van der Waals surface area contributed by atoms with Crippen LogP contribution in [-0.2, 0) is 4.79 Å². The van der Waals surface area contributed by atoms with Crippen molar-refractivity contribution in [2.75, 3.05) is 23.9 Å². The highest BCUT2D eigenvalue weighted by Crippen LogP contribution is 2.43. The van der Waals surface area contributed by atoms with Gasteiger partial charge in [0.25, 0.3) is 5.92 Å². The van der Waals surface area contributed by atoms with Gasteiger partial charge in [-0.2, -0.15) is 4.39 Å². The largest absolute Gasteiger partial charge is 0.491 e. The van der Waals surface area contributed by atoms with Gasteiger partial charge in [0.15, 0.2) is 11.6 Å². The molecule has 30 heavy (non-hydrogen) atoms. The smallest absolute Gasteiger partial charge is 0.250 e. The number of anilines is 2. The van der Waals surface area contributed by atoms with Crippen molar-refractivity contribution in [1.29, 1.82) is 0 Å². The normalized spacial score (nSPS) is 19.1. The van der Waals surface area contributed by atoms with E-state index in [1.807, 2.05) is 0 Å². The molecular weight excluding hydrogens is 424 g/mol. The maximum absolute atomic E-state index is 14.3. The molecule has 1 amide bonds. The highest BCUT2D eigenvalue weighted by molar-refractivity contribution is 7.97. The van der Waals surface area contributed by atoms with Crippen LogP contribution in [0.2, 0.25) is 0 Å². The van der Waals surface area contributed by atoms with Gasteiger partial charge in [-0.25, -0.2) is 18.2 Å². The fraction of sp³-hybridized carbons (Fsp3) is 0.368. The number of aromatic nitrogens is 1. The molecule has 0 saturated carbocycles. The number of methoxy groups -OCH3 is 1. The predicted octanol–water partition coefficient (Wildman–Crippen LogP) is 3.82. The number of amides is 1. The van der Waals surface area contributed by atoms with Gasteiger partial charge in [0, 0.05) is 18.4 Å². The zero-order chi connectivity index (χ0) is 22.1. The van der Waals surface area contributed by atoms with E-state index < -0.39 is 41.2 Å². The number of hydrogen-bond acceptors (Lipinski definition) is 6. The summed E-state index contributed by atoms with van der Waals surface area (Å²) in [7, 11) is 1.14. The van der Waals surface area contributed by atoms with Crippen LogP contribution in [0.25, 0.3) is 0 Å². The molecule has 1 saturated heterocycles. The van der Waals surface area contributed by atoms with Crippen LogP contribution in [0.3, 0.4) is 0 Å². The minimum atomic E-state index is -3.18. The summed E-state index contributed by atoms with van der Waals surface area (Å²) in [6.45, 7) is 0.771. The molecule has 11 heteroatoms. The van der Waals surface area contributed by atoms with Gasteiger partial charge in [-0.15, -0.1) is 0 Å². The van der Waals surface area contributed by atoms with E-state index in [4.69, 9.17) is 9.88 Å². The number of alkyl halides is 2. The number of carbonyl (C=O) groups excluding carboxylic acids is 1. The van der Waals surface area contributed by atoms with E-state index in [9.17, 15) is 22.4 Å². The molecule has 0 aliphatic carbocycles. The van der Waals surface area contributed by atoms with E-state index in [2.05, 4.69) is 10.3 Å². The van der Waals surface area contributed by atoms with Gasteiger partial charge in [0.1, 0.15) is 11.1 Å². The highest BCUT2D eigenvalue weighted by Gasteiger charge is 2.50. The summed E-state index contributed by atoms with van der Waals surface area (Å²) in [5.41, 5.74) is 0.349. The lowest BCUT2D eigenvalue weighted by molar-refractivity contribution is -0.122. The van der Waals surface area contributed by atoms with E-state index in [0.29, 0.717) is 10.7 Å². The summed E-state index contributed by atoms with van der Waals surface area (Å²) in [4.78, 5) is 18.4. The van der Waals surface area contributed by atoms with E-state index in [1.54, 1.807) is 0 Å². The molecule has 1 aromatic carbocycles. The van der Waals surface area contributed by atoms with E-state index in [0.717, 1.165) is 32.0 Å². The summed E-state index contributed by atoms with van der Waals surface area (Å²) >= 11 is 0.866. The van der Waals surface area contributed by atoms with Gasteiger partial charge in [0.05, 0.1) is 18.7 Å². The molecule has 2 heterocycles. The number of carbonyl (C=O) groups is 1. The Hall–Kier alpha value is -2.53. The summed E-state index contributed by atoms with van der Waals surface area (Å²) < 4.78 is 61.4. The van der Waals surface area contributed by atoms with Crippen molar-refractivity contribution >= 4 is 29.2 Å². The molecule has 2 aromatic rings. The van der Waals surface area contributed by atoms with Crippen LogP contribution in [-0.4, -0.2) is 36.5 Å². The van der Waals surface area contributed by atoms with Crippen LogP contribution >= 0.6 is 11.9 Å². The fourth-order valence-electron chi connectivity index (χ4n) is 3.63. The number of ether oxygens (including phenoxy) is 1. The Morgan fingerprint density at radius 2 is 2.10 bits per heavy atom. The van der Waals surface area contributed by atoms with E-state index in [-0.39, 0.29) is 18.7 Å². The van der Waals surface area contributed by atoms with Crippen molar-refractivity contribution in [3.63, 3.8) is 0 Å². The van der Waals surface area contributed by atoms with Crippen LogP contribution < -0.4 is 20.1 Å². The van der Waals surface area contributed by atoms with E-state index in [1.165, 1.54) is 29.3 Å². The summed E-state index contributed by atoms with van der Waals surface area (Å²) in [5, 5.41) is 8.48. The second-order valence-corrected chi connectivity index (χ2v) is 7.55. The van der Waals surface area contributed by atoms with Crippen LogP contribution in [0.5, 0.6) is 5.75 Å². The second-order valence-electron chi connectivity index (χ2n) is 6.89. The van der Waals surface area contributed by atoms with Gasteiger partial charge in [-0.3, -0.25) is 9.93 Å². The number of hydrogen-bond donors (Lipinski definition) is 2. The van der Waals surface area contributed by atoms with Crippen LogP contribution in [0.4, 0.5) is 28.9 Å². The molecule has 2 unspecified atom stereocenters. The first-order valence-corrected chi connectivity index (χ1v) is 9.85. The molecular formula is C19H20F4N4O2S. The number of rotatable bonds is 6. The first-order valence-electron chi connectivity index (χ1n) is 8.97. The standard InChI is InChI=1S/C19H20F4N4O2S/c1-19(22,23)11-6-8-27(13-4-3-12(20)15(21)17(13)29-2)16(11)18(28)26-10-5-7-25-14(9-10)30-24/h3-5,7,9,11,16H,6,8,24H2,1-2H3,(H,25,26,28). The number of pyridine rings is 1. The zero-order valence-electron chi connectivity index (χ0n) is 16.2. The molecule has 1 aromatic heterocycles. The Morgan fingerprint density at radius 3 is 2.73 bits per heavy atom. The average Bonchev–Trinajstić information content (AvgIpc) is 3.15. The van der Waals surface area contributed by atoms with Gasteiger partial charge in [-0.1, -0.05) is 0 Å². The Bertz CT molecular complexity index is 941. The zero-order valence-corrected chi connectivity index (χ0v) is 17.0. The van der Waals surface area contributed by atoms with Gasteiger partial charge in [0.2, 0.25) is 11.7 Å². The van der Waals surface area contributed by atoms with Gasteiger partial charge in [-0.05, 0) is 49.6 Å². The first-order chi connectivity index (χ1) is 14.2. The lowest BCUT2D eigenvalue weighted by Gasteiger charge is -2.32. The van der Waals surface area contributed by atoms with Crippen molar-refractivity contribution in [1.82, 2.24) is 4.98 Å². The minimum absolute atomic E-state index is 0.0238. The Kier molecular flexibility index (Phi) is 6.41. The third-order valence-electron chi connectivity index (χ3n) is 4.98. The molecule has 3 N–H and O–H groups in total. The molecule has 162 valence electrons. The molecule has 1 aliphatic heterocycles. The highest BCUT2D eigenvalue weighted by atomic mass is 32.2. The molecule has 2 atom stereocenters. The summed E-state index contributed by atoms with van der Waals surface area (Å²) in [6, 6.07) is 3.73. The van der Waals surface area contributed by atoms with Crippen LogP contribution in [0, 0.1) is 17.6 Å². The third kappa shape index (κ3) is 4.31. The van der Waals surface area contributed by atoms with Crippen molar-refractivity contribution in [3.8, 4) is 5.75 Å². The SMILES string of the molecule is COc1c(N2CCC(C(C)(F)F)C2C(=O)Nc2ccnc(SN)c2)ccc(F)c1F. The van der Waals surface area contributed by atoms with E-state index >= 15 is 0 Å². The number of benzene rings is 1. The predicted molar refractivity (Wildman–Crippen MR) is 106 cm³/mol. The summed E-state index contributed by atoms with van der Waals surface area (Å²) in [5.74, 6) is -8.08. The molecule has 0 radical (unpaired) electrons. The molecule has 0 bridgehead atoms. The van der Waals surface area contributed by atoms with Crippen molar-refractivity contribution in [2.45, 2.75) is 30.3 Å². The molecule has 3 rings (SSSR count). The molecule has 1 fully saturated rings. The van der Waals surface area contributed by atoms with Crippen LogP contribution in [0.15, 0.2) is 35.5 Å². The van der Waals surface area contributed by atoms with Crippen molar-refractivity contribution in [2.24, 2.45) is 11.1 Å². The fourth-order valence-corrected chi connectivity index (χ4v) is 3.94. The average molecular weight is 444 g/mol. The van der Waals surface area contributed by atoms with Crippen LogP contribution in [0.1, 0.15) is 13.3 Å². The second kappa shape index (κ2) is 8.68. The molecule has 0 spiro atoms. The summed E-state index contributed by atoms with van der Waals surface area (Å²) in [6.07, 6.45) is 1.39. The van der Waals surface area contributed by atoms with Crippen molar-refractivity contribution in [3.05, 3.63) is 42.1 Å². The van der Waals surface area contributed by atoms with Gasteiger partial charge >= 0.3 is 0 Å². The maximum atomic E-state index is 14.3. The molecule has 6 nitrogen and oxygen atoms in total. The number of nitrogens with one attached hydrogen (secondary N) is 1. The Labute approximate surface area is 174 Å². The number of nitrogens with two attached hydrogens (primary N) is 1. The van der Waals surface area contributed by atoms with Gasteiger partial charge < -0.3 is 15.0 Å². The number of halogens is 4. The quantitative estimate of drug-likeness (QED) is 0.521. The van der Waals surface area contributed by atoms with Crippen molar-refractivity contribution < 1.29 is 27.1 Å². The molecule has 1 aliphatic rings. The third-order valence-corrected chi connectivity index (χ3v) is 5.45. The topological polar surface area (TPSA) is 80.5 Å². The lowest BCUT2D eigenvalue weighted by atomic mass is 9.93.